The number of benzene rings is 2. The molecule has 0 aromatic heterocycles. The normalized spacial score (nSPS) is 12.1. The molecule has 2 rings (SSSR count). The van der Waals surface area contributed by atoms with Gasteiger partial charge in [-0.3, -0.25) is 9.98 Å². The van der Waals surface area contributed by atoms with Crippen molar-refractivity contribution >= 4 is 22.8 Å². The average molecular weight is 547 g/mol. The second-order valence-corrected chi connectivity index (χ2v) is 10.1. The quantitative estimate of drug-likeness (QED) is 0.107. The van der Waals surface area contributed by atoms with Gasteiger partial charge in [0.15, 0.2) is 0 Å². The standard InChI is InChI=1S/C34H52N2.Ni/c1-7-13-15-16-17-18-20-34(36-32-24-22-28(10-4)30(12-6)26-32)33(19-14-8-2)35-31-23-21-27(9-3)29(11-5)25-31;/h21-26H,7-20H2,1-6H3;/b35-33+,36-34+;. The Morgan fingerprint density at radius 1 is 0.486 bits per heavy atom. The van der Waals surface area contributed by atoms with Gasteiger partial charge in [0.05, 0.1) is 22.8 Å². The zero-order valence-corrected chi connectivity index (χ0v) is 25.6. The molecule has 0 bridgehead atoms. The van der Waals surface area contributed by atoms with E-state index >= 15 is 0 Å². The molecule has 37 heavy (non-hydrogen) atoms. The summed E-state index contributed by atoms with van der Waals surface area (Å²) in [6, 6.07) is 13.6. The Balaban J connectivity index is 0.00000684. The maximum absolute atomic E-state index is 5.29. The second kappa shape index (κ2) is 19.4. The van der Waals surface area contributed by atoms with Gasteiger partial charge in [-0.15, -0.1) is 0 Å². The summed E-state index contributed by atoms with van der Waals surface area (Å²) < 4.78 is 0. The minimum Gasteiger partial charge on any atom is -0.252 e. The first-order valence-corrected chi connectivity index (χ1v) is 15.0. The Morgan fingerprint density at radius 3 is 1.32 bits per heavy atom. The van der Waals surface area contributed by atoms with Crippen molar-refractivity contribution in [2.24, 2.45) is 9.98 Å². The minimum atomic E-state index is 0. The van der Waals surface area contributed by atoms with Gasteiger partial charge in [-0.05, 0) is 97.9 Å². The van der Waals surface area contributed by atoms with E-state index in [4.69, 9.17) is 9.98 Å². The Morgan fingerprint density at radius 2 is 0.892 bits per heavy atom. The fraction of sp³-hybridized carbons (Fsp3) is 0.588. The van der Waals surface area contributed by atoms with Crippen LogP contribution >= 0.6 is 0 Å². The van der Waals surface area contributed by atoms with Crippen molar-refractivity contribution in [1.82, 2.24) is 0 Å². The number of hydrogen-bond acceptors (Lipinski definition) is 2. The number of hydrogen-bond donors (Lipinski definition) is 0. The summed E-state index contributed by atoms with van der Waals surface area (Å²) in [4.78, 5) is 10.6. The second-order valence-electron chi connectivity index (χ2n) is 10.1. The van der Waals surface area contributed by atoms with E-state index in [1.807, 2.05) is 0 Å². The first-order valence-electron chi connectivity index (χ1n) is 15.0. The van der Waals surface area contributed by atoms with Crippen LogP contribution in [0.15, 0.2) is 46.4 Å². The maximum atomic E-state index is 5.29. The van der Waals surface area contributed by atoms with Crippen LogP contribution in [0.5, 0.6) is 0 Å². The third kappa shape index (κ3) is 11.3. The van der Waals surface area contributed by atoms with Crippen LogP contribution < -0.4 is 0 Å². The van der Waals surface area contributed by atoms with E-state index < -0.39 is 0 Å². The number of unbranched alkanes of at least 4 members (excludes halogenated alkanes) is 6. The van der Waals surface area contributed by atoms with Gasteiger partial charge in [-0.2, -0.15) is 0 Å². The molecule has 0 heterocycles. The molecule has 0 amide bonds. The number of rotatable bonds is 17. The van der Waals surface area contributed by atoms with E-state index in [-0.39, 0.29) is 16.5 Å². The number of aryl methyl sites for hydroxylation is 4. The monoisotopic (exact) mass is 546 g/mol. The summed E-state index contributed by atoms with van der Waals surface area (Å²) in [5.74, 6) is 0. The van der Waals surface area contributed by atoms with Crippen LogP contribution in [0.25, 0.3) is 0 Å². The fourth-order valence-electron chi connectivity index (χ4n) is 4.97. The van der Waals surface area contributed by atoms with Crippen LogP contribution in [-0.2, 0) is 42.2 Å². The topological polar surface area (TPSA) is 24.7 Å². The van der Waals surface area contributed by atoms with E-state index in [9.17, 15) is 0 Å². The number of nitrogens with zero attached hydrogens (tertiary/aromatic N) is 2. The molecule has 0 unspecified atom stereocenters. The SMILES string of the molecule is CCCCCCCCC(=N\c1ccc(CC)c(CC)c1)/C(CCCC)=N/c1ccc(CC)c(CC)c1.[Ni]. The van der Waals surface area contributed by atoms with Crippen LogP contribution in [0.4, 0.5) is 11.4 Å². The molecule has 0 radical (unpaired) electrons. The molecular formula is C34H52N2Ni. The summed E-state index contributed by atoms with van der Waals surface area (Å²) in [7, 11) is 0. The molecule has 0 saturated heterocycles. The molecule has 0 spiro atoms. The van der Waals surface area contributed by atoms with Crippen molar-refractivity contribution in [3.63, 3.8) is 0 Å². The van der Waals surface area contributed by atoms with Crippen LogP contribution in [0.1, 0.15) is 128 Å². The zero-order valence-electron chi connectivity index (χ0n) is 24.6. The molecule has 0 aliphatic heterocycles. The summed E-state index contributed by atoms with van der Waals surface area (Å²) in [5.41, 5.74) is 10.3. The Hall–Kier alpha value is -1.73. The van der Waals surface area contributed by atoms with E-state index in [0.29, 0.717) is 0 Å². The van der Waals surface area contributed by atoms with Crippen LogP contribution in [-0.4, -0.2) is 11.4 Å². The third-order valence-corrected chi connectivity index (χ3v) is 7.30. The van der Waals surface area contributed by atoms with Crippen molar-refractivity contribution in [3.8, 4) is 0 Å². The van der Waals surface area contributed by atoms with E-state index in [0.717, 1.165) is 56.3 Å². The summed E-state index contributed by atoms with van der Waals surface area (Å²) in [6.07, 6.45) is 16.4. The average Bonchev–Trinajstić information content (AvgIpc) is 2.91. The van der Waals surface area contributed by atoms with E-state index in [1.54, 1.807) is 0 Å². The fourth-order valence-corrected chi connectivity index (χ4v) is 4.97. The van der Waals surface area contributed by atoms with Crippen molar-refractivity contribution in [3.05, 3.63) is 58.7 Å². The summed E-state index contributed by atoms with van der Waals surface area (Å²) in [6.45, 7) is 13.5. The van der Waals surface area contributed by atoms with E-state index in [2.05, 4.69) is 77.9 Å². The molecule has 0 N–H and O–H groups in total. The van der Waals surface area contributed by atoms with Gasteiger partial charge in [0.1, 0.15) is 0 Å². The van der Waals surface area contributed by atoms with Crippen LogP contribution in [0.3, 0.4) is 0 Å². The summed E-state index contributed by atoms with van der Waals surface area (Å²) in [5, 5.41) is 0. The molecule has 2 aromatic rings. The molecule has 0 fully saturated rings. The molecule has 208 valence electrons. The predicted molar refractivity (Wildman–Crippen MR) is 162 cm³/mol. The molecule has 2 nitrogen and oxygen atoms in total. The van der Waals surface area contributed by atoms with Crippen LogP contribution in [0, 0.1) is 0 Å². The third-order valence-electron chi connectivity index (χ3n) is 7.30. The van der Waals surface area contributed by atoms with Gasteiger partial charge >= 0.3 is 0 Å². The number of aliphatic imine (C=N–C) groups is 2. The van der Waals surface area contributed by atoms with Gasteiger partial charge in [0.25, 0.3) is 0 Å². The predicted octanol–water partition coefficient (Wildman–Crippen LogP) is 10.7. The van der Waals surface area contributed by atoms with Gasteiger partial charge < -0.3 is 0 Å². The molecule has 3 heteroatoms. The Bertz CT molecular complexity index is 974. The first-order chi connectivity index (χ1) is 17.6. The molecule has 0 saturated carbocycles. The maximum Gasteiger partial charge on any atom is 0.0636 e. The van der Waals surface area contributed by atoms with Gasteiger partial charge in [0, 0.05) is 16.5 Å². The van der Waals surface area contributed by atoms with Gasteiger partial charge in [-0.25, -0.2) is 0 Å². The smallest absolute Gasteiger partial charge is 0.0636 e. The largest absolute Gasteiger partial charge is 0.252 e. The van der Waals surface area contributed by atoms with Crippen molar-refractivity contribution in [2.45, 2.75) is 131 Å². The van der Waals surface area contributed by atoms with E-state index in [1.165, 1.54) is 78.6 Å². The molecule has 0 aliphatic rings. The van der Waals surface area contributed by atoms with Gasteiger partial charge in [0.2, 0.25) is 0 Å². The van der Waals surface area contributed by atoms with Crippen molar-refractivity contribution in [2.75, 3.05) is 0 Å². The zero-order chi connectivity index (χ0) is 26.2. The Labute approximate surface area is 238 Å². The summed E-state index contributed by atoms with van der Waals surface area (Å²) >= 11 is 0. The van der Waals surface area contributed by atoms with Gasteiger partial charge in [-0.1, -0.05) is 92.2 Å². The van der Waals surface area contributed by atoms with Crippen molar-refractivity contribution < 1.29 is 16.5 Å². The van der Waals surface area contributed by atoms with Crippen molar-refractivity contribution in [1.29, 1.82) is 0 Å². The minimum absolute atomic E-state index is 0. The first kappa shape index (κ1) is 33.3. The van der Waals surface area contributed by atoms with Crippen LogP contribution in [0.2, 0.25) is 0 Å². The molecule has 2 aromatic carbocycles. The molecule has 0 aliphatic carbocycles. The molecular weight excluding hydrogens is 495 g/mol. The molecule has 0 atom stereocenters. The Kier molecular flexibility index (Phi) is 17.4.